The molecule has 0 amide bonds. The molecule has 0 spiro atoms. The summed E-state index contributed by atoms with van der Waals surface area (Å²) in [6.45, 7) is 6.64. The Balaban J connectivity index is 1.59. The molecule has 1 unspecified atom stereocenters. The number of ether oxygens (including phenoxy) is 2. The summed E-state index contributed by atoms with van der Waals surface area (Å²) in [5, 5.41) is 5.93. The third kappa shape index (κ3) is 3.80. The van der Waals surface area contributed by atoms with Crippen molar-refractivity contribution in [3.63, 3.8) is 0 Å². The molecule has 1 N–H and O–H groups in total. The predicted molar refractivity (Wildman–Crippen MR) is 81.3 cm³/mol. The van der Waals surface area contributed by atoms with Crippen molar-refractivity contribution < 1.29 is 9.47 Å². The van der Waals surface area contributed by atoms with Gasteiger partial charge >= 0.3 is 0 Å². The van der Waals surface area contributed by atoms with Crippen LogP contribution in [0.25, 0.3) is 0 Å². The summed E-state index contributed by atoms with van der Waals surface area (Å²) >= 11 is 1.86. The summed E-state index contributed by atoms with van der Waals surface area (Å²) in [7, 11) is 0. The van der Waals surface area contributed by atoms with Gasteiger partial charge in [-0.3, -0.25) is 4.90 Å². The second-order valence-electron chi connectivity index (χ2n) is 5.47. The highest BCUT2D eigenvalue weighted by atomic mass is 32.1. The van der Waals surface area contributed by atoms with Crippen molar-refractivity contribution in [3.05, 3.63) is 22.4 Å². The van der Waals surface area contributed by atoms with Gasteiger partial charge in [0.05, 0.1) is 19.3 Å². The summed E-state index contributed by atoms with van der Waals surface area (Å²) in [5.74, 6) is 0. The van der Waals surface area contributed by atoms with E-state index >= 15 is 0 Å². The highest BCUT2D eigenvalue weighted by Crippen LogP contribution is 2.25. The van der Waals surface area contributed by atoms with Crippen molar-refractivity contribution in [2.24, 2.45) is 0 Å². The maximum absolute atomic E-state index is 5.49. The Bertz CT molecular complexity index is 373. The average Bonchev–Trinajstić information content (AvgIpc) is 3.04. The van der Waals surface area contributed by atoms with Crippen molar-refractivity contribution in [2.45, 2.75) is 24.9 Å². The molecule has 2 aliphatic rings. The fourth-order valence-electron chi connectivity index (χ4n) is 2.96. The summed E-state index contributed by atoms with van der Waals surface area (Å²) in [4.78, 5) is 4.02. The molecular weight excluding hydrogens is 272 g/mol. The summed E-state index contributed by atoms with van der Waals surface area (Å²) < 4.78 is 10.9. The van der Waals surface area contributed by atoms with Crippen molar-refractivity contribution in [1.29, 1.82) is 0 Å². The first-order chi connectivity index (χ1) is 9.93. The number of rotatable bonds is 5. The van der Waals surface area contributed by atoms with Gasteiger partial charge in [-0.25, -0.2) is 0 Å². The van der Waals surface area contributed by atoms with E-state index in [0.717, 1.165) is 58.9 Å². The van der Waals surface area contributed by atoms with Gasteiger partial charge in [0.1, 0.15) is 0 Å². The zero-order valence-corrected chi connectivity index (χ0v) is 12.7. The van der Waals surface area contributed by atoms with E-state index < -0.39 is 0 Å². The predicted octanol–water partition coefficient (Wildman–Crippen LogP) is 1.89. The Kier molecular flexibility index (Phi) is 5.44. The Labute approximate surface area is 125 Å². The second-order valence-corrected chi connectivity index (χ2v) is 6.45. The molecule has 3 rings (SSSR count). The lowest BCUT2D eigenvalue weighted by Gasteiger charge is -2.35. The summed E-state index contributed by atoms with van der Waals surface area (Å²) in [6.07, 6.45) is 2.28. The lowest BCUT2D eigenvalue weighted by Crippen LogP contribution is -2.45. The number of nitrogens with zero attached hydrogens (tertiary/aromatic N) is 1. The first-order valence-electron chi connectivity index (χ1n) is 7.60. The van der Waals surface area contributed by atoms with E-state index in [1.807, 2.05) is 11.3 Å². The molecule has 0 aliphatic carbocycles. The first-order valence-corrected chi connectivity index (χ1v) is 8.48. The SMILES string of the molecule is c1csc(C(CNC2CCOCC2)N2CCOCC2)c1. The van der Waals surface area contributed by atoms with Crippen LogP contribution in [-0.4, -0.2) is 57.0 Å². The molecule has 3 heterocycles. The fourth-order valence-corrected chi connectivity index (χ4v) is 3.82. The number of nitrogens with one attached hydrogen (secondary N) is 1. The third-order valence-corrected chi connectivity index (χ3v) is 5.15. The molecule has 20 heavy (non-hydrogen) atoms. The normalized spacial score (nSPS) is 23.8. The topological polar surface area (TPSA) is 33.7 Å². The zero-order chi connectivity index (χ0) is 13.6. The van der Waals surface area contributed by atoms with Crippen LogP contribution in [0.5, 0.6) is 0 Å². The first kappa shape index (κ1) is 14.5. The lowest BCUT2D eigenvalue weighted by molar-refractivity contribution is 0.0146. The molecule has 1 atom stereocenters. The van der Waals surface area contributed by atoms with Crippen LogP contribution in [0, 0.1) is 0 Å². The number of morpholine rings is 1. The van der Waals surface area contributed by atoms with Gasteiger partial charge in [-0.15, -0.1) is 11.3 Å². The fraction of sp³-hybridized carbons (Fsp3) is 0.733. The molecule has 5 heteroatoms. The Morgan fingerprint density at radius 2 is 1.95 bits per heavy atom. The molecule has 2 saturated heterocycles. The molecule has 1 aromatic heterocycles. The number of thiophene rings is 1. The van der Waals surface area contributed by atoms with Crippen molar-refractivity contribution >= 4 is 11.3 Å². The van der Waals surface area contributed by atoms with Crippen molar-refractivity contribution in [2.75, 3.05) is 46.1 Å². The van der Waals surface area contributed by atoms with Gasteiger partial charge in [0, 0.05) is 43.8 Å². The van der Waals surface area contributed by atoms with E-state index in [-0.39, 0.29) is 0 Å². The van der Waals surface area contributed by atoms with Gasteiger partial charge in [-0.1, -0.05) is 6.07 Å². The molecule has 2 aliphatic heterocycles. The van der Waals surface area contributed by atoms with Gasteiger partial charge < -0.3 is 14.8 Å². The molecule has 0 bridgehead atoms. The van der Waals surface area contributed by atoms with E-state index in [0.29, 0.717) is 12.1 Å². The van der Waals surface area contributed by atoms with Crippen LogP contribution < -0.4 is 5.32 Å². The van der Waals surface area contributed by atoms with Crippen LogP contribution in [0.1, 0.15) is 23.8 Å². The lowest BCUT2D eigenvalue weighted by atomic mass is 10.1. The molecule has 0 radical (unpaired) electrons. The molecule has 0 aromatic carbocycles. The van der Waals surface area contributed by atoms with E-state index in [2.05, 4.69) is 27.7 Å². The highest BCUT2D eigenvalue weighted by Gasteiger charge is 2.24. The minimum atomic E-state index is 0.488. The highest BCUT2D eigenvalue weighted by molar-refractivity contribution is 7.10. The summed E-state index contributed by atoms with van der Waals surface area (Å²) in [5.41, 5.74) is 0. The molecule has 0 saturated carbocycles. The average molecular weight is 296 g/mol. The molecule has 112 valence electrons. The van der Waals surface area contributed by atoms with Gasteiger partial charge in [0.2, 0.25) is 0 Å². The van der Waals surface area contributed by atoms with E-state index in [1.165, 1.54) is 4.88 Å². The van der Waals surface area contributed by atoms with Crippen LogP contribution >= 0.6 is 11.3 Å². The largest absolute Gasteiger partial charge is 0.381 e. The van der Waals surface area contributed by atoms with Crippen LogP contribution in [0.15, 0.2) is 17.5 Å². The zero-order valence-electron chi connectivity index (χ0n) is 11.9. The minimum absolute atomic E-state index is 0.488. The molecule has 1 aromatic rings. The van der Waals surface area contributed by atoms with Crippen LogP contribution in [-0.2, 0) is 9.47 Å². The Morgan fingerprint density at radius 3 is 2.65 bits per heavy atom. The van der Waals surface area contributed by atoms with Crippen molar-refractivity contribution in [3.8, 4) is 0 Å². The smallest absolute Gasteiger partial charge is 0.0594 e. The van der Waals surface area contributed by atoms with Crippen molar-refractivity contribution in [1.82, 2.24) is 10.2 Å². The van der Waals surface area contributed by atoms with Gasteiger partial charge in [0.25, 0.3) is 0 Å². The quantitative estimate of drug-likeness (QED) is 0.900. The molecule has 4 nitrogen and oxygen atoms in total. The van der Waals surface area contributed by atoms with Crippen LogP contribution in [0.2, 0.25) is 0 Å². The second kappa shape index (κ2) is 7.52. The number of hydrogen-bond acceptors (Lipinski definition) is 5. The van der Waals surface area contributed by atoms with E-state index in [1.54, 1.807) is 0 Å². The number of hydrogen-bond donors (Lipinski definition) is 1. The van der Waals surface area contributed by atoms with Gasteiger partial charge in [0.15, 0.2) is 0 Å². The van der Waals surface area contributed by atoms with Gasteiger partial charge in [-0.05, 0) is 24.3 Å². The van der Waals surface area contributed by atoms with E-state index in [9.17, 15) is 0 Å². The van der Waals surface area contributed by atoms with Crippen LogP contribution in [0.4, 0.5) is 0 Å². The van der Waals surface area contributed by atoms with Gasteiger partial charge in [-0.2, -0.15) is 0 Å². The molecular formula is C15H24N2O2S. The Hall–Kier alpha value is -0.460. The van der Waals surface area contributed by atoms with Crippen LogP contribution in [0.3, 0.4) is 0 Å². The maximum atomic E-state index is 5.49. The maximum Gasteiger partial charge on any atom is 0.0594 e. The standard InChI is InChI=1S/C15H24N2O2S/c1-2-15(20-11-1)14(17-5-9-19-10-6-17)12-16-13-3-7-18-8-4-13/h1-2,11,13-14,16H,3-10,12H2. The third-order valence-electron chi connectivity index (χ3n) is 4.18. The minimum Gasteiger partial charge on any atom is -0.381 e. The van der Waals surface area contributed by atoms with E-state index in [4.69, 9.17) is 9.47 Å². The summed E-state index contributed by atoms with van der Waals surface area (Å²) in [6, 6.07) is 5.52. The monoisotopic (exact) mass is 296 g/mol. The molecule has 2 fully saturated rings. The Morgan fingerprint density at radius 1 is 1.20 bits per heavy atom.